The van der Waals surface area contributed by atoms with Crippen LogP contribution in [0.2, 0.25) is 0 Å². The number of benzene rings is 3. The zero-order valence-electron chi connectivity index (χ0n) is 47.6. The van der Waals surface area contributed by atoms with Crippen molar-refractivity contribution in [3.8, 4) is 11.5 Å². The van der Waals surface area contributed by atoms with Gasteiger partial charge in [-0.2, -0.15) is 4.31 Å². The number of phosphoric ester groups is 1. The van der Waals surface area contributed by atoms with E-state index in [0.717, 1.165) is 74.7 Å². The Bertz CT molecular complexity index is 3830. The van der Waals surface area contributed by atoms with Gasteiger partial charge in [-0.1, -0.05) is 24.3 Å². The summed E-state index contributed by atoms with van der Waals surface area (Å²) < 4.78 is 59.5. The third kappa shape index (κ3) is 12.9. The summed E-state index contributed by atoms with van der Waals surface area (Å²) in [4.78, 5) is 95.5. The van der Waals surface area contributed by atoms with Crippen LogP contribution in [0.5, 0.6) is 11.5 Å². The lowest BCUT2D eigenvalue weighted by atomic mass is 9.83. The second kappa shape index (κ2) is 23.9. The molecule has 0 bridgehead atoms. The number of imidazole rings is 1. The number of allylic oxidation sites excluding steroid dienone is 2. The largest absolute Gasteiger partial charge is 0.488 e. The number of aromatic nitrogens is 4. The van der Waals surface area contributed by atoms with E-state index in [4.69, 9.17) is 24.5 Å². The van der Waals surface area contributed by atoms with Crippen molar-refractivity contribution in [1.82, 2.24) is 39.6 Å². The second-order valence-corrected chi connectivity index (χ2v) is 27.6. The molecular formula is C54H68N10O16P3S+. The predicted octanol–water partition coefficient (Wildman–Crippen LogP) is 4.97. The van der Waals surface area contributed by atoms with Crippen LogP contribution in [0.1, 0.15) is 107 Å². The minimum absolute atomic E-state index is 0.0162. The fraction of sp³-hybridized carbons (Fsp3) is 0.426. The minimum Gasteiger partial charge on any atom is -0.456 e. The van der Waals surface area contributed by atoms with Crippen molar-refractivity contribution in [2.75, 3.05) is 57.0 Å². The van der Waals surface area contributed by atoms with Crippen LogP contribution < -0.4 is 41.2 Å². The number of amides is 3. The average Bonchev–Trinajstić information content (AvgIpc) is 1.04. The molecule has 1 fully saturated rings. The van der Waals surface area contributed by atoms with Crippen LogP contribution in [-0.2, 0) is 48.4 Å². The number of anilines is 2. The Morgan fingerprint density at radius 2 is 1.61 bits per heavy atom. The summed E-state index contributed by atoms with van der Waals surface area (Å²) in [6.45, 7) is 13.0. The van der Waals surface area contributed by atoms with Crippen molar-refractivity contribution in [3.05, 3.63) is 112 Å². The fourth-order valence-corrected chi connectivity index (χ4v) is 15.3. The highest BCUT2D eigenvalue weighted by Gasteiger charge is 2.50. The highest BCUT2D eigenvalue weighted by molar-refractivity contribution is 8.08. The van der Waals surface area contributed by atoms with E-state index < -0.39 is 59.6 Å². The van der Waals surface area contributed by atoms with Crippen molar-refractivity contribution < 1.29 is 75.5 Å². The summed E-state index contributed by atoms with van der Waals surface area (Å²) in [5, 5.41) is 18.5. The van der Waals surface area contributed by atoms with Gasteiger partial charge in [0.25, 0.3) is 5.91 Å². The van der Waals surface area contributed by atoms with Crippen molar-refractivity contribution >= 4 is 91.5 Å². The van der Waals surface area contributed by atoms with Crippen LogP contribution in [0.15, 0.2) is 73.3 Å². The normalized spacial score (nSPS) is 20.9. The first kappa shape index (κ1) is 62.3. The summed E-state index contributed by atoms with van der Waals surface area (Å²) in [5.41, 5.74) is 14.1. The van der Waals surface area contributed by atoms with Crippen LogP contribution in [0.4, 0.5) is 16.3 Å². The zero-order valence-corrected chi connectivity index (χ0v) is 51.1. The first-order chi connectivity index (χ1) is 39.4. The molecule has 0 spiro atoms. The monoisotopic (exact) mass is 1240 g/mol. The molecule has 5 aromatic rings. The van der Waals surface area contributed by atoms with Gasteiger partial charge in [0.15, 0.2) is 29.3 Å². The third-order valence-corrected chi connectivity index (χ3v) is 19.4. The summed E-state index contributed by atoms with van der Waals surface area (Å²) in [5.74, 6) is 0.727. The highest BCUT2D eigenvalue weighted by Crippen LogP contribution is 2.66. The lowest BCUT2D eigenvalue weighted by molar-refractivity contribution is -0.121. The molecule has 9 rings (SSSR count). The van der Waals surface area contributed by atoms with Gasteiger partial charge in [-0.3, -0.25) is 18.7 Å². The Labute approximate surface area is 488 Å². The number of hydrogen-bond acceptors (Lipinski definition) is 18. The number of nitrogens with two attached hydrogens (primary N) is 1. The molecule has 84 heavy (non-hydrogen) atoms. The predicted molar refractivity (Wildman–Crippen MR) is 314 cm³/mol. The molecule has 1 saturated heterocycles. The number of fused-ring (bicyclic) bond motifs is 5. The molecule has 0 saturated carbocycles. The molecule has 4 aliphatic heterocycles. The molecule has 4 aliphatic rings. The van der Waals surface area contributed by atoms with Gasteiger partial charge in [0.1, 0.15) is 42.1 Å². The van der Waals surface area contributed by atoms with E-state index >= 15 is 0 Å². The van der Waals surface area contributed by atoms with Crippen LogP contribution in [-0.4, -0.2) is 143 Å². The fourth-order valence-electron chi connectivity index (χ4n) is 11.5. The number of aliphatic hydroxyl groups excluding tert-OH is 1. The van der Waals surface area contributed by atoms with E-state index in [0.29, 0.717) is 17.1 Å². The maximum atomic E-state index is 14.7. The lowest BCUT2D eigenvalue weighted by Crippen LogP contribution is -2.49. The van der Waals surface area contributed by atoms with Crippen LogP contribution in [0.25, 0.3) is 27.9 Å². The Kier molecular flexibility index (Phi) is 17.7. The minimum atomic E-state index is -5.69. The van der Waals surface area contributed by atoms with Crippen LogP contribution in [0, 0.1) is 0 Å². The molecule has 26 nitrogen and oxygen atoms in total. The van der Waals surface area contributed by atoms with Gasteiger partial charge in [0.2, 0.25) is 11.3 Å². The van der Waals surface area contributed by atoms with E-state index in [-0.39, 0.29) is 72.3 Å². The average molecular weight is 1240 g/mol. The van der Waals surface area contributed by atoms with Gasteiger partial charge in [0, 0.05) is 98.3 Å². The van der Waals surface area contributed by atoms with E-state index in [1.807, 2.05) is 24.3 Å². The lowest BCUT2D eigenvalue weighted by Gasteiger charge is -2.43. The van der Waals surface area contributed by atoms with Gasteiger partial charge < -0.3 is 65.1 Å². The van der Waals surface area contributed by atoms with Crippen molar-refractivity contribution in [1.29, 1.82) is 0 Å². The number of phosphoric acid groups is 2. The van der Waals surface area contributed by atoms with Gasteiger partial charge in [-0.25, -0.2) is 37.8 Å². The van der Waals surface area contributed by atoms with Crippen molar-refractivity contribution in [2.45, 2.75) is 104 Å². The maximum Gasteiger partial charge on any atom is 0.488 e. The first-order valence-electron chi connectivity index (χ1n) is 26.9. The van der Waals surface area contributed by atoms with Gasteiger partial charge in [-0.15, -0.1) is 0 Å². The summed E-state index contributed by atoms with van der Waals surface area (Å²) in [6.07, 6.45) is -0.464. The molecule has 3 aromatic carbocycles. The standard InChI is InChI=1S/C54H67N10O16P3S/c1-10-63-38-23-40-36(21-34(38)30(3)25-53(63,5)6)44(37-22-35-31(4)26-54(7,8)64(11-2)39(35)24-41(37)76-40)32-15-12-13-16-33(32)50(67)61(9)20-14-17-43(65)56-18-19-57-52(68)78-47-42(27-75-81(69,70)79-82(71,72)80-83(73,74)84)77-51(46(47)66)62-29-60-45-48(55)58-28-59-49(45)62/h12-13,15-16,21-26,28-29,42,46-47,51,66H,10-11,14,17-20,27H2,1-9H3,(H7-,55,56,57,58,59,65,68,69,70,71,72,73,74,84)/p+1/t42-,46-,47-,51-/m1/s1. The number of aliphatic hydroxyl groups is 1. The SMILES string of the molecule is CCN1c2cc3c(cc2C(C)=CC1(C)C)C(c1ccccc1C(=O)N(C)CCCC(=O)NCCNC(=O)O[C@H]1[C@@H](O)[C@H](n2cnc4c(N)ncnc42)O[C@@H]1COP(=O)(O)OP(=O)(O)OP(O)(O)=S)=c1cc2c(cc1O3)=[N+](CC)C(C)(C)C=C2C. The molecule has 2 aromatic heterocycles. The topological polar surface area (TPSA) is 345 Å². The molecule has 9 N–H and O–H groups in total. The van der Waals surface area contributed by atoms with Crippen LogP contribution in [0.3, 0.4) is 0 Å². The zero-order chi connectivity index (χ0) is 61.0. The third-order valence-electron chi connectivity index (χ3n) is 15.0. The smallest absolute Gasteiger partial charge is 0.456 e. The molecule has 3 amide bonds. The van der Waals surface area contributed by atoms with E-state index in [1.165, 1.54) is 10.9 Å². The number of carbonyl (C=O) groups excluding carboxylic acids is 3. The number of rotatable bonds is 20. The Hall–Kier alpha value is -6.28. The summed E-state index contributed by atoms with van der Waals surface area (Å²) in [6, 6.07) is 16.2. The van der Waals surface area contributed by atoms with E-state index in [2.05, 4.69) is 147 Å². The molecular weight excluding hydrogens is 1170 g/mol. The number of carbonyl (C=O) groups is 3. The Morgan fingerprint density at radius 1 is 0.893 bits per heavy atom. The summed E-state index contributed by atoms with van der Waals surface area (Å²) >= 11 is 4.12. The van der Waals surface area contributed by atoms with Crippen molar-refractivity contribution in [3.63, 3.8) is 0 Å². The molecule has 450 valence electrons. The number of nitrogens with zero attached hydrogens (tertiary/aromatic N) is 7. The number of likely N-dealkylation sites (N-methyl/N-ethyl adjacent to an activating group) is 2. The number of alkyl carbamates (subject to hydrolysis) is 1. The number of ether oxygens (including phenoxy) is 3. The number of hydrogen-bond donors (Lipinski definition) is 8. The van der Waals surface area contributed by atoms with Gasteiger partial charge in [0.05, 0.1) is 24.5 Å². The molecule has 2 unspecified atom stereocenters. The molecule has 0 aliphatic carbocycles. The van der Waals surface area contributed by atoms with E-state index in [1.54, 1.807) is 11.9 Å². The van der Waals surface area contributed by atoms with Gasteiger partial charge >= 0.3 is 28.5 Å². The maximum absolute atomic E-state index is 14.7. The number of nitrogen functional groups attached to an aromatic ring is 1. The first-order valence-corrected chi connectivity index (χ1v) is 32.5. The van der Waals surface area contributed by atoms with Crippen LogP contribution >= 0.6 is 22.4 Å². The molecule has 0 radical (unpaired) electrons. The number of nitrogens with one attached hydrogen (secondary N) is 2. The Morgan fingerprint density at radius 3 is 2.32 bits per heavy atom. The molecule has 30 heteroatoms. The highest BCUT2D eigenvalue weighted by atomic mass is 32.5. The van der Waals surface area contributed by atoms with Crippen molar-refractivity contribution in [2.24, 2.45) is 0 Å². The second-order valence-electron chi connectivity index (χ2n) is 21.7. The van der Waals surface area contributed by atoms with E-state index in [9.17, 15) is 48.2 Å². The quantitative estimate of drug-likeness (QED) is 0.0284. The molecule has 6 heterocycles. The Balaban J connectivity index is 0.863. The summed E-state index contributed by atoms with van der Waals surface area (Å²) in [7, 11) is -9.60. The molecule has 6 atom stereocenters. The van der Waals surface area contributed by atoms with Gasteiger partial charge in [-0.05, 0) is 101 Å².